The molecule has 0 fully saturated rings. The number of hydrogen-bond acceptors (Lipinski definition) is 4. The fraction of sp³-hybridized carbons (Fsp3) is 0.500. The lowest BCUT2D eigenvalue weighted by molar-refractivity contribution is -0.140. The van der Waals surface area contributed by atoms with Crippen LogP contribution >= 0.6 is 0 Å². The summed E-state index contributed by atoms with van der Waals surface area (Å²) in [5.74, 6) is 0.127. The van der Waals surface area contributed by atoms with E-state index in [2.05, 4.69) is 9.97 Å². The molecule has 1 atom stereocenters. The molecule has 76 valence electrons. The molecule has 0 aliphatic heterocycles. The van der Waals surface area contributed by atoms with E-state index in [1.807, 2.05) is 20.8 Å². The maximum Gasteiger partial charge on any atom is 0.315 e. The minimum absolute atomic E-state index is 0.128. The second kappa shape index (κ2) is 4.69. The molecule has 0 saturated heterocycles. The lowest BCUT2D eigenvalue weighted by Gasteiger charge is -2.12. The Hall–Kier alpha value is -1.45. The maximum absolute atomic E-state index is 11.5. The molecule has 0 amide bonds. The van der Waals surface area contributed by atoms with Gasteiger partial charge >= 0.3 is 5.97 Å². The number of hydrogen-bond donors (Lipinski definition) is 0. The molecule has 14 heavy (non-hydrogen) atoms. The van der Waals surface area contributed by atoms with Gasteiger partial charge in [0.25, 0.3) is 0 Å². The van der Waals surface area contributed by atoms with Gasteiger partial charge in [0.05, 0.1) is 12.1 Å². The standard InChI is InChI=1S/C10H14N2O2/c1-7(2)8(3)10(13)14-9-6-11-4-5-12-9/h4-8H,1-3H3. The number of ether oxygens (including phenoxy) is 1. The van der Waals surface area contributed by atoms with Gasteiger partial charge in [0.15, 0.2) is 0 Å². The number of esters is 1. The van der Waals surface area contributed by atoms with Gasteiger partial charge in [0.2, 0.25) is 5.88 Å². The molecule has 0 aromatic carbocycles. The molecule has 1 aromatic heterocycles. The molecule has 1 rings (SSSR count). The molecule has 1 unspecified atom stereocenters. The van der Waals surface area contributed by atoms with E-state index in [1.165, 1.54) is 18.6 Å². The number of rotatable bonds is 3. The minimum atomic E-state index is -0.263. The highest BCUT2D eigenvalue weighted by Gasteiger charge is 2.19. The van der Waals surface area contributed by atoms with Gasteiger partial charge in [-0.05, 0) is 5.92 Å². The highest BCUT2D eigenvalue weighted by atomic mass is 16.5. The van der Waals surface area contributed by atoms with Crippen molar-refractivity contribution in [2.24, 2.45) is 11.8 Å². The summed E-state index contributed by atoms with van der Waals surface area (Å²) in [7, 11) is 0. The Bertz CT molecular complexity index is 298. The summed E-state index contributed by atoms with van der Waals surface area (Å²) in [5.41, 5.74) is 0. The van der Waals surface area contributed by atoms with E-state index in [-0.39, 0.29) is 23.7 Å². The zero-order valence-corrected chi connectivity index (χ0v) is 8.60. The topological polar surface area (TPSA) is 52.1 Å². The van der Waals surface area contributed by atoms with Gasteiger partial charge < -0.3 is 4.74 Å². The van der Waals surface area contributed by atoms with E-state index >= 15 is 0 Å². The quantitative estimate of drug-likeness (QED) is 0.687. The van der Waals surface area contributed by atoms with Gasteiger partial charge in [-0.2, -0.15) is 0 Å². The van der Waals surface area contributed by atoms with Crippen LogP contribution in [0.2, 0.25) is 0 Å². The first-order chi connectivity index (χ1) is 6.61. The molecule has 4 nitrogen and oxygen atoms in total. The Labute approximate surface area is 83.3 Å². The van der Waals surface area contributed by atoms with E-state index in [0.717, 1.165) is 0 Å². The predicted octanol–water partition coefficient (Wildman–Crippen LogP) is 1.67. The summed E-state index contributed by atoms with van der Waals surface area (Å²) >= 11 is 0. The van der Waals surface area contributed by atoms with E-state index in [9.17, 15) is 4.79 Å². The van der Waals surface area contributed by atoms with Crippen molar-refractivity contribution in [2.45, 2.75) is 20.8 Å². The van der Waals surface area contributed by atoms with Gasteiger partial charge in [0.1, 0.15) is 0 Å². The van der Waals surface area contributed by atoms with Crippen molar-refractivity contribution in [2.75, 3.05) is 0 Å². The molecule has 0 aliphatic rings. The van der Waals surface area contributed by atoms with Gasteiger partial charge in [0, 0.05) is 12.4 Å². The van der Waals surface area contributed by atoms with Crippen molar-refractivity contribution in [3.63, 3.8) is 0 Å². The first-order valence-electron chi connectivity index (χ1n) is 4.59. The SMILES string of the molecule is CC(C)C(C)C(=O)Oc1cnccn1. The summed E-state index contributed by atoms with van der Waals surface area (Å²) in [6, 6.07) is 0. The summed E-state index contributed by atoms with van der Waals surface area (Å²) in [4.78, 5) is 19.1. The summed E-state index contributed by atoms with van der Waals surface area (Å²) in [5, 5.41) is 0. The van der Waals surface area contributed by atoms with Crippen LogP contribution in [-0.2, 0) is 4.79 Å². The van der Waals surface area contributed by atoms with E-state index in [1.54, 1.807) is 0 Å². The van der Waals surface area contributed by atoms with Crippen LogP contribution < -0.4 is 4.74 Å². The van der Waals surface area contributed by atoms with E-state index < -0.39 is 0 Å². The summed E-state index contributed by atoms with van der Waals surface area (Å²) in [6.45, 7) is 5.79. The van der Waals surface area contributed by atoms with Crippen LogP contribution in [0.25, 0.3) is 0 Å². The Morgan fingerprint density at radius 1 is 1.36 bits per heavy atom. The Morgan fingerprint density at radius 3 is 2.57 bits per heavy atom. The highest BCUT2D eigenvalue weighted by Crippen LogP contribution is 2.13. The van der Waals surface area contributed by atoms with Gasteiger partial charge in [-0.1, -0.05) is 20.8 Å². The molecule has 0 bridgehead atoms. The molecule has 1 aromatic rings. The van der Waals surface area contributed by atoms with Crippen LogP contribution in [0, 0.1) is 11.8 Å². The van der Waals surface area contributed by atoms with Gasteiger partial charge in [-0.15, -0.1) is 0 Å². The van der Waals surface area contributed by atoms with Crippen LogP contribution in [0.5, 0.6) is 5.88 Å². The largest absolute Gasteiger partial charge is 0.406 e. The van der Waals surface area contributed by atoms with Crippen LogP contribution in [0.3, 0.4) is 0 Å². The minimum Gasteiger partial charge on any atom is -0.406 e. The molecular weight excluding hydrogens is 180 g/mol. The number of nitrogens with zero attached hydrogens (tertiary/aromatic N) is 2. The lowest BCUT2D eigenvalue weighted by atomic mass is 9.99. The molecular formula is C10H14N2O2. The molecule has 0 radical (unpaired) electrons. The Kier molecular flexibility index (Phi) is 3.56. The van der Waals surface area contributed by atoms with Gasteiger partial charge in [-0.3, -0.25) is 9.78 Å². The van der Waals surface area contributed by atoms with E-state index in [0.29, 0.717) is 0 Å². The van der Waals surface area contributed by atoms with Gasteiger partial charge in [-0.25, -0.2) is 4.98 Å². The zero-order chi connectivity index (χ0) is 10.6. The Balaban J connectivity index is 2.58. The highest BCUT2D eigenvalue weighted by molar-refractivity contribution is 5.74. The second-order valence-corrected chi connectivity index (χ2v) is 3.50. The van der Waals surface area contributed by atoms with Crippen LogP contribution in [-0.4, -0.2) is 15.9 Å². The van der Waals surface area contributed by atoms with Crippen molar-refractivity contribution in [3.05, 3.63) is 18.6 Å². The number of carbonyl (C=O) groups is 1. The average molecular weight is 194 g/mol. The number of aromatic nitrogens is 2. The molecule has 0 spiro atoms. The normalized spacial score (nSPS) is 12.6. The van der Waals surface area contributed by atoms with Crippen molar-refractivity contribution in [3.8, 4) is 5.88 Å². The first kappa shape index (κ1) is 10.6. The van der Waals surface area contributed by atoms with Crippen LogP contribution in [0.1, 0.15) is 20.8 Å². The summed E-state index contributed by atoms with van der Waals surface area (Å²) < 4.78 is 5.02. The molecule has 0 saturated carbocycles. The Morgan fingerprint density at radius 2 is 2.07 bits per heavy atom. The zero-order valence-electron chi connectivity index (χ0n) is 8.60. The average Bonchev–Trinajstić information content (AvgIpc) is 2.18. The molecule has 1 heterocycles. The maximum atomic E-state index is 11.5. The molecule has 4 heteroatoms. The first-order valence-corrected chi connectivity index (χ1v) is 4.59. The third-order valence-corrected chi connectivity index (χ3v) is 2.12. The fourth-order valence-corrected chi connectivity index (χ4v) is 0.806. The molecule has 0 aliphatic carbocycles. The third kappa shape index (κ3) is 2.80. The van der Waals surface area contributed by atoms with Crippen LogP contribution in [0.4, 0.5) is 0 Å². The van der Waals surface area contributed by atoms with Crippen molar-refractivity contribution in [1.29, 1.82) is 0 Å². The van der Waals surface area contributed by atoms with Crippen molar-refractivity contribution in [1.82, 2.24) is 9.97 Å². The van der Waals surface area contributed by atoms with Crippen molar-refractivity contribution < 1.29 is 9.53 Å². The monoisotopic (exact) mass is 194 g/mol. The van der Waals surface area contributed by atoms with Crippen LogP contribution in [0.15, 0.2) is 18.6 Å². The van der Waals surface area contributed by atoms with Crippen molar-refractivity contribution >= 4 is 5.97 Å². The fourth-order valence-electron chi connectivity index (χ4n) is 0.806. The van der Waals surface area contributed by atoms with E-state index in [4.69, 9.17) is 4.74 Å². The summed E-state index contributed by atoms with van der Waals surface area (Å²) in [6.07, 6.45) is 4.44. The number of carbonyl (C=O) groups excluding carboxylic acids is 1. The second-order valence-electron chi connectivity index (χ2n) is 3.50. The predicted molar refractivity (Wildman–Crippen MR) is 51.7 cm³/mol. The lowest BCUT2D eigenvalue weighted by Crippen LogP contribution is -2.22. The smallest absolute Gasteiger partial charge is 0.315 e. The molecule has 0 N–H and O–H groups in total. The third-order valence-electron chi connectivity index (χ3n) is 2.12.